The molecule has 39 heavy (non-hydrogen) atoms. The Morgan fingerprint density at radius 3 is 2.56 bits per heavy atom. The van der Waals surface area contributed by atoms with Crippen molar-refractivity contribution in [2.75, 3.05) is 44.2 Å². The van der Waals surface area contributed by atoms with Crippen LogP contribution in [-0.4, -0.2) is 60.0 Å². The van der Waals surface area contributed by atoms with Crippen LogP contribution in [0.2, 0.25) is 0 Å². The molecular weight excluding hydrogens is 514 g/mol. The Kier molecular flexibility index (Phi) is 8.45. The number of nitrogens with zero attached hydrogens (tertiary/aromatic N) is 4. The number of amides is 1. The first-order valence-electron chi connectivity index (χ1n) is 12.8. The average Bonchev–Trinajstić information content (AvgIpc) is 3.48. The van der Waals surface area contributed by atoms with Gasteiger partial charge in [0.2, 0.25) is 0 Å². The predicted octanol–water partition coefficient (Wildman–Crippen LogP) is 4.85. The SMILES string of the molecule is O=C(c1ccc(CN(CCOc2ccccc2)c2nc(-c3cccc([N+](=O)[O-])c3)cs2)cc1)N1CCNCC1. The highest BCUT2D eigenvalue weighted by molar-refractivity contribution is 7.14. The standard InChI is InChI=1S/C29H29N5O4S/c35-28(32-15-13-30-14-16-32)23-11-9-22(10-12-23)20-33(17-18-38-26-7-2-1-3-8-26)29-31-27(21-39-29)24-5-4-6-25(19-24)34(36)37/h1-12,19,21,30H,13-18,20H2. The lowest BCUT2D eigenvalue weighted by Crippen LogP contribution is -2.46. The Balaban J connectivity index is 1.32. The Morgan fingerprint density at radius 1 is 1.05 bits per heavy atom. The number of rotatable bonds is 10. The van der Waals surface area contributed by atoms with Crippen molar-refractivity contribution in [1.82, 2.24) is 15.2 Å². The van der Waals surface area contributed by atoms with E-state index in [2.05, 4.69) is 10.2 Å². The van der Waals surface area contributed by atoms with Crippen molar-refractivity contribution in [3.63, 3.8) is 0 Å². The van der Waals surface area contributed by atoms with Crippen molar-refractivity contribution < 1.29 is 14.5 Å². The van der Waals surface area contributed by atoms with Gasteiger partial charge in [0.25, 0.3) is 11.6 Å². The Hall–Kier alpha value is -4.28. The number of aromatic nitrogens is 1. The van der Waals surface area contributed by atoms with Crippen molar-refractivity contribution in [3.8, 4) is 17.0 Å². The Bertz CT molecular complexity index is 1400. The van der Waals surface area contributed by atoms with Gasteiger partial charge in [0.05, 0.1) is 17.2 Å². The summed E-state index contributed by atoms with van der Waals surface area (Å²) in [6, 6.07) is 23.9. The highest BCUT2D eigenvalue weighted by Gasteiger charge is 2.19. The molecule has 5 rings (SSSR count). The van der Waals surface area contributed by atoms with Gasteiger partial charge in [0, 0.05) is 61.4 Å². The summed E-state index contributed by atoms with van der Waals surface area (Å²) in [6.07, 6.45) is 0. The van der Waals surface area contributed by atoms with E-state index in [-0.39, 0.29) is 11.6 Å². The van der Waals surface area contributed by atoms with Gasteiger partial charge in [-0.15, -0.1) is 11.3 Å². The van der Waals surface area contributed by atoms with Crippen LogP contribution >= 0.6 is 11.3 Å². The Morgan fingerprint density at radius 2 is 1.82 bits per heavy atom. The molecule has 1 aliphatic rings. The normalized spacial score (nSPS) is 13.2. The second-order valence-electron chi connectivity index (χ2n) is 9.14. The smallest absolute Gasteiger partial charge is 0.270 e. The van der Waals surface area contributed by atoms with E-state index in [9.17, 15) is 14.9 Å². The monoisotopic (exact) mass is 543 g/mol. The van der Waals surface area contributed by atoms with Crippen molar-refractivity contribution in [2.45, 2.75) is 6.54 Å². The first-order chi connectivity index (χ1) is 19.1. The zero-order valence-electron chi connectivity index (χ0n) is 21.4. The minimum absolute atomic E-state index is 0.0330. The van der Waals surface area contributed by atoms with E-state index in [1.807, 2.05) is 70.9 Å². The molecule has 1 aromatic heterocycles. The molecule has 200 valence electrons. The zero-order chi connectivity index (χ0) is 27.0. The van der Waals surface area contributed by atoms with Gasteiger partial charge in [-0.25, -0.2) is 4.98 Å². The van der Waals surface area contributed by atoms with Gasteiger partial charge >= 0.3 is 0 Å². The number of carbonyl (C=O) groups excluding carboxylic acids is 1. The van der Waals surface area contributed by atoms with E-state index < -0.39 is 4.92 Å². The van der Waals surface area contributed by atoms with Crippen LogP contribution in [0.25, 0.3) is 11.3 Å². The maximum atomic E-state index is 12.9. The quantitative estimate of drug-likeness (QED) is 0.225. The molecule has 9 nitrogen and oxygen atoms in total. The predicted molar refractivity (Wildman–Crippen MR) is 152 cm³/mol. The second kappa shape index (κ2) is 12.5. The third kappa shape index (κ3) is 6.78. The number of hydrogen-bond acceptors (Lipinski definition) is 8. The summed E-state index contributed by atoms with van der Waals surface area (Å²) < 4.78 is 5.95. The lowest BCUT2D eigenvalue weighted by Gasteiger charge is -2.27. The summed E-state index contributed by atoms with van der Waals surface area (Å²) in [7, 11) is 0. The highest BCUT2D eigenvalue weighted by atomic mass is 32.1. The van der Waals surface area contributed by atoms with E-state index in [4.69, 9.17) is 9.72 Å². The van der Waals surface area contributed by atoms with E-state index in [0.717, 1.165) is 29.5 Å². The van der Waals surface area contributed by atoms with Crippen LogP contribution in [0.4, 0.5) is 10.8 Å². The van der Waals surface area contributed by atoms with Crippen molar-refractivity contribution in [2.24, 2.45) is 0 Å². The van der Waals surface area contributed by atoms with Crippen LogP contribution in [0.3, 0.4) is 0 Å². The number of para-hydroxylation sites is 1. The van der Waals surface area contributed by atoms with Crippen LogP contribution in [-0.2, 0) is 6.54 Å². The van der Waals surface area contributed by atoms with E-state index >= 15 is 0 Å². The highest BCUT2D eigenvalue weighted by Crippen LogP contribution is 2.30. The zero-order valence-corrected chi connectivity index (χ0v) is 22.2. The number of non-ortho nitro benzene ring substituents is 1. The van der Waals surface area contributed by atoms with E-state index in [0.29, 0.717) is 49.6 Å². The van der Waals surface area contributed by atoms with Gasteiger partial charge in [0.15, 0.2) is 5.13 Å². The molecular formula is C29H29N5O4S. The molecule has 1 saturated heterocycles. The largest absolute Gasteiger partial charge is 0.492 e. The number of nitrogens with one attached hydrogen (secondary N) is 1. The van der Waals surface area contributed by atoms with Gasteiger partial charge in [-0.05, 0) is 29.8 Å². The summed E-state index contributed by atoms with van der Waals surface area (Å²) >= 11 is 1.48. The first kappa shape index (κ1) is 26.3. The molecule has 0 aliphatic carbocycles. The van der Waals surface area contributed by atoms with Crippen molar-refractivity contribution >= 4 is 28.1 Å². The van der Waals surface area contributed by atoms with E-state index in [1.54, 1.807) is 6.07 Å². The molecule has 10 heteroatoms. The molecule has 1 N–H and O–H groups in total. The lowest BCUT2D eigenvalue weighted by atomic mass is 10.1. The molecule has 1 aliphatic heterocycles. The first-order valence-corrected chi connectivity index (χ1v) is 13.7. The molecule has 1 fully saturated rings. The molecule has 0 radical (unpaired) electrons. The molecule has 0 bridgehead atoms. The molecule has 2 heterocycles. The van der Waals surface area contributed by atoms with Crippen molar-refractivity contribution in [3.05, 3.63) is 105 Å². The fraction of sp³-hybridized carbons (Fsp3) is 0.241. The minimum atomic E-state index is -0.402. The molecule has 1 amide bonds. The summed E-state index contributed by atoms with van der Waals surface area (Å²) in [5, 5.41) is 17.2. The topological polar surface area (TPSA) is 101 Å². The molecule has 0 unspecified atom stereocenters. The van der Waals surface area contributed by atoms with Gasteiger partial charge in [-0.1, -0.05) is 42.5 Å². The van der Waals surface area contributed by atoms with Crippen molar-refractivity contribution in [1.29, 1.82) is 0 Å². The number of nitro groups is 1. The van der Waals surface area contributed by atoms with E-state index in [1.165, 1.54) is 23.5 Å². The molecule has 0 saturated carbocycles. The lowest BCUT2D eigenvalue weighted by molar-refractivity contribution is -0.384. The van der Waals surface area contributed by atoms with Crippen LogP contribution in [0.1, 0.15) is 15.9 Å². The summed E-state index contributed by atoms with van der Waals surface area (Å²) in [6.45, 7) is 4.67. The van der Waals surface area contributed by atoms with Crippen LogP contribution in [0, 0.1) is 10.1 Å². The maximum absolute atomic E-state index is 12.9. The number of thiazole rings is 1. The van der Waals surface area contributed by atoms with Crippen LogP contribution < -0.4 is 15.0 Å². The third-order valence-electron chi connectivity index (χ3n) is 6.47. The number of nitro benzene ring substituents is 1. The summed E-state index contributed by atoms with van der Waals surface area (Å²) in [5.74, 6) is 0.849. The number of hydrogen-bond donors (Lipinski definition) is 1. The van der Waals surface area contributed by atoms with Gasteiger partial charge in [0.1, 0.15) is 12.4 Å². The number of anilines is 1. The molecule has 3 aromatic carbocycles. The summed E-state index contributed by atoms with van der Waals surface area (Å²) in [5.41, 5.74) is 3.14. The third-order valence-corrected chi connectivity index (χ3v) is 7.37. The van der Waals surface area contributed by atoms with Crippen LogP contribution in [0.15, 0.2) is 84.2 Å². The number of benzene rings is 3. The van der Waals surface area contributed by atoms with Gasteiger partial charge < -0.3 is 19.9 Å². The Labute approximate surface area is 230 Å². The van der Waals surface area contributed by atoms with Gasteiger partial charge in [-0.3, -0.25) is 14.9 Å². The fourth-order valence-electron chi connectivity index (χ4n) is 4.38. The second-order valence-corrected chi connectivity index (χ2v) is 9.98. The average molecular weight is 544 g/mol. The van der Waals surface area contributed by atoms with Crippen LogP contribution in [0.5, 0.6) is 5.75 Å². The number of piperazine rings is 1. The number of ether oxygens (including phenoxy) is 1. The minimum Gasteiger partial charge on any atom is -0.492 e. The molecule has 4 aromatic rings. The molecule has 0 spiro atoms. The maximum Gasteiger partial charge on any atom is 0.270 e. The summed E-state index contributed by atoms with van der Waals surface area (Å²) in [4.78, 5) is 32.5. The number of carbonyl (C=O) groups is 1. The fourth-order valence-corrected chi connectivity index (χ4v) is 5.24. The van der Waals surface area contributed by atoms with Gasteiger partial charge in [-0.2, -0.15) is 0 Å². The molecule has 0 atom stereocenters.